The minimum atomic E-state index is -0.546. The Morgan fingerprint density at radius 3 is 2.67 bits per heavy atom. The standard InChI is InChI=1S/C8H5N2O2/c1-6-2-7(5-9)4-8(3-6)10(11)12/h2-4H,1H2. The third-order valence-corrected chi connectivity index (χ3v) is 1.32. The topological polar surface area (TPSA) is 66.9 Å². The van der Waals surface area contributed by atoms with Gasteiger partial charge in [-0.25, -0.2) is 0 Å². The minimum Gasteiger partial charge on any atom is -0.258 e. The van der Waals surface area contributed by atoms with E-state index in [1.54, 1.807) is 0 Å². The highest BCUT2D eigenvalue weighted by atomic mass is 16.6. The molecular weight excluding hydrogens is 156 g/mol. The van der Waals surface area contributed by atoms with Gasteiger partial charge in [0.25, 0.3) is 5.69 Å². The zero-order valence-electron chi connectivity index (χ0n) is 6.15. The summed E-state index contributed by atoms with van der Waals surface area (Å²) < 4.78 is 0. The van der Waals surface area contributed by atoms with Gasteiger partial charge in [-0.3, -0.25) is 10.1 Å². The van der Waals surface area contributed by atoms with Crippen molar-refractivity contribution in [1.82, 2.24) is 0 Å². The number of hydrogen-bond acceptors (Lipinski definition) is 3. The van der Waals surface area contributed by atoms with E-state index in [0.717, 1.165) is 0 Å². The van der Waals surface area contributed by atoms with Gasteiger partial charge in [-0.15, -0.1) is 0 Å². The maximum Gasteiger partial charge on any atom is 0.271 e. The van der Waals surface area contributed by atoms with Crippen molar-refractivity contribution >= 4 is 5.69 Å². The van der Waals surface area contributed by atoms with E-state index in [-0.39, 0.29) is 11.3 Å². The van der Waals surface area contributed by atoms with Crippen LogP contribution < -0.4 is 0 Å². The lowest BCUT2D eigenvalue weighted by Crippen LogP contribution is -1.89. The Kier molecular flexibility index (Phi) is 2.06. The van der Waals surface area contributed by atoms with Crippen LogP contribution in [-0.4, -0.2) is 4.92 Å². The number of non-ortho nitro benzene ring substituents is 1. The van der Waals surface area contributed by atoms with Crippen LogP contribution in [-0.2, 0) is 0 Å². The van der Waals surface area contributed by atoms with E-state index in [9.17, 15) is 10.1 Å². The van der Waals surface area contributed by atoms with Crippen LogP contribution >= 0.6 is 0 Å². The highest BCUT2D eigenvalue weighted by Gasteiger charge is 2.06. The van der Waals surface area contributed by atoms with E-state index >= 15 is 0 Å². The lowest BCUT2D eigenvalue weighted by molar-refractivity contribution is -0.384. The number of rotatable bonds is 1. The predicted molar refractivity (Wildman–Crippen MR) is 42.3 cm³/mol. The first-order valence-electron chi connectivity index (χ1n) is 3.15. The molecule has 0 saturated heterocycles. The zero-order chi connectivity index (χ0) is 9.14. The van der Waals surface area contributed by atoms with Crippen LogP contribution in [0.25, 0.3) is 0 Å². The smallest absolute Gasteiger partial charge is 0.258 e. The van der Waals surface area contributed by atoms with E-state index < -0.39 is 4.92 Å². The molecule has 0 atom stereocenters. The molecule has 0 heterocycles. The Labute approximate surface area is 69.2 Å². The SMILES string of the molecule is [CH2]c1cc(C#N)cc([N+](=O)[O-])c1. The van der Waals surface area contributed by atoms with Gasteiger partial charge in [-0.1, -0.05) is 0 Å². The molecule has 0 N–H and O–H groups in total. The van der Waals surface area contributed by atoms with Gasteiger partial charge in [-0.2, -0.15) is 5.26 Å². The first-order chi connectivity index (χ1) is 5.63. The molecule has 1 aromatic rings. The van der Waals surface area contributed by atoms with E-state index in [1.165, 1.54) is 18.2 Å². The van der Waals surface area contributed by atoms with Crippen molar-refractivity contribution in [2.24, 2.45) is 0 Å². The molecule has 0 aliphatic heterocycles. The summed E-state index contributed by atoms with van der Waals surface area (Å²) >= 11 is 0. The normalized spacial score (nSPS) is 9.00. The molecule has 4 heteroatoms. The van der Waals surface area contributed by atoms with Crippen LogP contribution in [0.2, 0.25) is 0 Å². The zero-order valence-corrected chi connectivity index (χ0v) is 6.15. The Morgan fingerprint density at radius 1 is 1.50 bits per heavy atom. The summed E-state index contributed by atoms with van der Waals surface area (Å²) in [6.45, 7) is 3.52. The van der Waals surface area contributed by atoms with E-state index in [2.05, 4.69) is 6.92 Å². The molecule has 1 rings (SSSR count). The van der Waals surface area contributed by atoms with Crippen molar-refractivity contribution in [3.8, 4) is 6.07 Å². The van der Waals surface area contributed by atoms with Crippen LogP contribution in [0, 0.1) is 28.4 Å². The van der Waals surface area contributed by atoms with Gasteiger partial charge in [0.2, 0.25) is 0 Å². The third kappa shape index (κ3) is 1.58. The van der Waals surface area contributed by atoms with Crippen molar-refractivity contribution in [1.29, 1.82) is 5.26 Å². The van der Waals surface area contributed by atoms with Gasteiger partial charge in [0.1, 0.15) is 0 Å². The second kappa shape index (κ2) is 3.01. The summed E-state index contributed by atoms with van der Waals surface area (Å²) in [5, 5.41) is 18.8. The lowest BCUT2D eigenvalue weighted by Gasteiger charge is -1.94. The molecule has 1 aromatic carbocycles. The maximum absolute atomic E-state index is 10.3. The first kappa shape index (κ1) is 8.21. The van der Waals surface area contributed by atoms with Crippen LogP contribution in [0.3, 0.4) is 0 Å². The largest absolute Gasteiger partial charge is 0.271 e. The second-order valence-electron chi connectivity index (χ2n) is 2.26. The minimum absolute atomic E-state index is 0.0981. The third-order valence-electron chi connectivity index (χ3n) is 1.32. The Hall–Kier alpha value is -1.89. The van der Waals surface area contributed by atoms with Crippen LogP contribution in [0.4, 0.5) is 5.69 Å². The molecule has 0 spiro atoms. The second-order valence-corrected chi connectivity index (χ2v) is 2.26. The van der Waals surface area contributed by atoms with Crippen molar-refractivity contribution < 1.29 is 4.92 Å². The molecule has 4 nitrogen and oxygen atoms in total. The molecule has 0 unspecified atom stereocenters. The van der Waals surface area contributed by atoms with Gasteiger partial charge < -0.3 is 0 Å². The highest BCUT2D eigenvalue weighted by Crippen LogP contribution is 2.15. The molecule has 0 saturated carbocycles. The van der Waals surface area contributed by atoms with Crippen molar-refractivity contribution in [2.45, 2.75) is 0 Å². The molecule has 1 radical (unpaired) electrons. The lowest BCUT2D eigenvalue weighted by atomic mass is 10.1. The van der Waals surface area contributed by atoms with Crippen LogP contribution in [0.5, 0.6) is 0 Å². The fraction of sp³-hybridized carbons (Fsp3) is 0. The van der Waals surface area contributed by atoms with Crippen LogP contribution in [0.1, 0.15) is 11.1 Å². The van der Waals surface area contributed by atoms with Crippen molar-refractivity contribution in [3.63, 3.8) is 0 Å². The van der Waals surface area contributed by atoms with E-state index in [0.29, 0.717) is 5.56 Å². The molecule has 0 aliphatic carbocycles. The van der Waals surface area contributed by atoms with Gasteiger partial charge in [0.15, 0.2) is 0 Å². The maximum atomic E-state index is 10.3. The summed E-state index contributed by atoms with van der Waals surface area (Å²) in [7, 11) is 0. The predicted octanol–water partition coefficient (Wildman–Crippen LogP) is 1.65. The van der Waals surface area contributed by atoms with Gasteiger partial charge in [-0.05, 0) is 18.6 Å². The van der Waals surface area contributed by atoms with E-state index in [4.69, 9.17) is 5.26 Å². The summed E-state index contributed by atoms with van der Waals surface area (Å²) in [4.78, 5) is 9.74. The average Bonchev–Trinajstić information content (AvgIpc) is 2.03. The van der Waals surface area contributed by atoms with Gasteiger partial charge in [0.05, 0.1) is 16.6 Å². The number of nitriles is 1. The number of nitro benzene ring substituents is 1. The summed E-state index contributed by atoms with van der Waals surface area (Å²) in [5.41, 5.74) is 0.633. The number of nitro groups is 1. The number of nitrogens with zero attached hydrogens (tertiary/aromatic N) is 2. The molecule has 0 aliphatic rings. The quantitative estimate of drug-likeness (QED) is 0.464. The van der Waals surface area contributed by atoms with Crippen molar-refractivity contribution in [2.75, 3.05) is 0 Å². The van der Waals surface area contributed by atoms with Gasteiger partial charge in [0, 0.05) is 12.1 Å². The molecule has 59 valence electrons. The summed E-state index contributed by atoms with van der Waals surface area (Å²) in [5.74, 6) is 0. The van der Waals surface area contributed by atoms with E-state index in [1.807, 2.05) is 6.07 Å². The first-order valence-corrected chi connectivity index (χ1v) is 3.15. The molecule has 0 bridgehead atoms. The summed E-state index contributed by atoms with van der Waals surface area (Å²) in [6.07, 6.45) is 0. The molecule has 0 amide bonds. The fourth-order valence-electron chi connectivity index (χ4n) is 0.844. The Bertz CT molecular complexity index is 366. The Balaban J connectivity index is 3.26. The molecule has 0 fully saturated rings. The van der Waals surface area contributed by atoms with Crippen molar-refractivity contribution in [3.05, 3.63) is 46.4 Å². The highest BCUT2D eigenvalue weighted by molar-refractivity contribution is 5.45. The monoisotopic (exact) mass is 161 g/mol. The Morgan fingerprint density at radius 2 is 2.17 bits per heavy atom. The van der Waals surface area contributed by atoms with Gasteiger partial charge >= 0.3 is 0 Å². The molecule has 12 heavy (non-hydrogen) atoms. The number of benzene rings is 1. The molecular formula is C8H5N2O2. The van der Waals surface area contributed by atoms with Crippen LogP contribution in [0.15, 0.2) is 18.2 Å². The molecule has 0 aromatic heterocycles. The summed E-state index contributed by atoms with van der Waals surface area (Å²) in [6, 6.07) is 5.85. The average molecular weight is 161 g/mol. The number of hydrogen-bond donors (Lipinski definition) is 0. The fourth-order valence-corrected chi connectivity index (χ4v) is 0.844.